The first-order valence-electron chi connectivity index (χ1n) is 9.08. The zero-order chi connectivity index (χ0) is 18.6. The van der Waals surface area contributed by atoms with Crippen molar-refractivity contribution < 1.29 is 22.7 Å². The maximum atomic E-state index is 13.1. The lowest BCUT2D eigenvalue weighted by Gasteiger charge is -2.32. The van der Waals surface area contributed by atoms with Gasteiger partial charge in [-0.1, -0.05) is 12.1 Å². The molecule has 2 aliphatic heterocycles. The molecule has 26 heavy (non-hydrogen) atoms. The monoisotopic (exact) mass is 382 g/mol. The van der Waals surface area contributed by atoms with E-state index < -0.39 is 10.0 Å². The van der Waals surface area contributed by atoms with Gasteiger partial charge >= 0.3 is 0 Å². The molecule has 7 nitrogen and oxygen atoms in total. The van der Waals surface area contributed by atoms with Crippen molar-refractivity contribution in [3.8, 4) is 0 Å². The highest BCUT2D eigenvalue weighted by atomic mass is 32.2. The molecule has 0 unspecified atom stereocenters. The van der Waals surface area contributed by atoms with Crippen LogP contribution in [0.1, 0.15) is 24.5 Å². The number of fused-ring (bicyclic) bond motifs is 1. The third kappa shape index (κ3) is 4.09. The molecular weight excluding hydrogens is 356 g/mol. The molecular formula is C18H26N2O5S. The summed E-state index contributed by atoms with van der Waals surface area (Å²) in [5.41, 5.74) is 1.75. The van der Waals surface area contributed by atoms with Crippen molar-refractivity contribution in [2.75, 3.05) is 46.1 Å². The predicted octanol–water partition coefficient (Wildman–Crippen LogP) is 1.02. The lowest BCUT2D eigenvalue weighted by atomic mass is 9.99. The molecule has 1 amide bonds. The minimum absolute atomic E-state index is 0.00248. The highest BCUT2D eigenvalue weighted by Crippen LogP contribution is 2.28. The molecule has 1 fully saturated rings. The van der Waals surface area contributed by atoms with Gasteiger partial charge in [-0.2, -0.15) is 4.31 Å². The first-order valence-corrected chi connectivity index (χ1v) is 10.5. The number of hydrogen-bond donors (Lipinski definition) is 0. The van der Waals surface area contributed by atoms with Crippen LogP contribution in [-0.2, 0) is 37.3 Å². The molecule has 2 aliphatic rings. The van der Waals surface area contributed by atoms with Gasteiger partial charge in [0.15, 0.2) is 0 Å². The highest BCUT2D eigenvalue weighted by molar-refractivity contribution is 7.89. The molecule has 8 heteroatoms. The average molecular weight is 382 g/mol. The molecule has 1 aromatic carbocycles. The summed E-state index contributed by atoms with van der Waals surface area (Å²) in [6.45, 7) is 5.37. The number of benzene rings is 1. The third-order valence-electron chi connectivity index (χ3n) is 4.84. The largest absolute Gasteiger partial charge is 0.381 e. The van der Waals surface area contributed by atoms with Gasteiger partial charge < -0.3 is 14.4 Å². The van der Waals surface area contributed by atoms with Crippen LogP contribution in [0.25, 0.3) is 0 Å². The number of morpholine rings is 1. The van der Waals surface area contributed by atoms with Crippen molar-refractivity contribution in [1.82, 2.24) is 9.21 Å². The van der Waals surface area contributed by atoms with Crippen molar-refractivity contribution in [1.29, 1.82) is 0 Å². The molecule has 0 N–H and O–H groups in total. The van der Waals surface area contributed by atoms with E-state index in [0.717, 1.165) is 11.1 Å². The zero-order valence-corrected chi connectivity index (χ0v) is 16.0. The SMILES string of the molecule is CCOCCC(=O)N1CCc2cccc(S(=O)(=O)N3CCOCC3)c2C1. The fraction of sp³-hybridized carbons (Fsp3) is 0.611. The molecule has 0 spiro atoms. The van der Waals surface area contributed by atoms with Crippen molar-refractivity contribution in [2.24, 2.45) is 0 Å². The summed E-state index contributed by atoms with van der Waals surface area (Å²) in [4.78, 5) is 14.5. The Kier molecular flexibility index (Phi) is 6.29. The minimum Gasteiger partial charge on any atom is -0.381 e. The summed E-state index contributed by atoms with van der Waals surface area (Å²) in [5, 5.41) is 0. The molecule has 1 aromatic rings. The summed E-state index contributed by atoms with van der Waals surface area (Å²) >= 11 is 0. The van der Waals surface area contributed by atoms with E-state index in [4.69, 9.17) is 9.47 Å². The quantitative estimate of drug-likeness (QED) is 0.687. The second-order valence-electron chi connectivity index (χ2n) is 6.42. The fourth-order valence-electron chi connectivity index (χ4n) is 3.39. The average Bonchev–Trinajstić information content (AvgIpc) is 2.67. The molecule has 144 valence electrons. The van der Waals surface area contributed by atoms with Crippen molar-refractivity contribution in [3.05, 3.63) is 29.3 Å². The maximum Gasteiger partial charge on any atom is 0.243 e. The first kappa shape index (κ1) is 19.3. The van der Waals surface area contributed by atoms with E-state index in [0.29, 0.717) is 70.3 Å². The maximum absolute atomic E-state index is 13.1. The Morgan fingerprint density at radius 3 is 2.73 bits per heavy atom. The van der Waals surface area contributed by atoms with Gasteiger partial charge in [-0.3, -0.25) is 4.79 Å². The molecule has 0 aromatic heterocycles. The van der Waals surface area contributed by atoms with E-state index in [9.17, 15) is 13.2 Å². The second kappa shape index (κ2) is 8.47. The van der Waals surface area contributed by atoms with Gasteiger partial charge in [0.2, 0.25) is 15.9 Å². The molecule has 0 atom stereocenters. The van der Waals surface area contributed by atoms with E-state index >= 15 is 0 Å². The van der Waals surface area contributed by atoms with Crippen molar-refractivity contribution >= 4 is 15.9 Å². The number of carbonyl (C=O) groups excluding carboxylic acids is 1. The van der Waals surface area contributed by atoms with Crippen molar-refractivity contribution in [3.63, 3.8) is 0 Å². The van der Waals surface area contributed by atoms with Crippen LogP contribution in [0.4, 0.5) is 0 Å². The van der Waals surface area contributed by atoms with Crippen LogP contribution in [-0.4, -0.2) is 69.6 Å². The Labute approximate surface area is 154 Å². The summed E-state index contributed by atoms with van der Waals surface area (Å²) in [6, 6.07) is 5.40. The van der Waals surface area contributed by atoms with Crippen LogP contribution < -0.4 is 0 Å². The summed E-state index contributed by atoms with van der Waals surface area (Å²) in [5.74, 6) is 0.00248. The molecule has 0 radical (unpaired) electrons. The molecule has 2 heterocycles. The van der Waals surface area contributed by atoms with Crippen LogP contribution in [0.15, 0.2) is 23.1 Å². The van der Waals surface area contributed by atoms with Crippen LogP contribution >= 0.6 is 0 Å². The van der Waals surface area contributed by atoms with E-state index in [1.165, 1.54) is 4.31 Å². The van der Waals surface area contributed by atoms with Gasteiger partial charge in [-0.05, 0) is 30.5 Å². The Hall–Kier alpha value is -1.48. The smallest absolute Gasteiger partial charge is 0.243 e. The Morgan fingerprint density at radius 2 is 2.00 bits per heavy atom. The molecule has 0 saturated carbocycles. The number of rotatable bonds is 6. The first-order chi connectivity index (χ1) is 12.5. The Bertz CT molecular complexity index is 744. The predicted molar refractivity (Wildman–Crippen MR) is 96.3 cm³/mol. The summed E-state index contributed by atoms with van der Waals surface area (Å²) in [6.07, 6.45) is 0.990. The van der Waals surface area contributed by atoms with Crippen molar-refractivity contribution in [2.45, 2.75) is 31.2 Å². The van der Waals surface area contributed by atoms with Gasteiger partial charge in [0.05, 0.1) is 31.1 Å². The van der Waals surface area contributed by atoms with Crippen LogP contribution in [0.3, 0.4) is 0 Å². The third-order valence-corrected chi connectivity index (χ3v) is 6.82. The Balaban J connectivity index is 1.82. The summed E-state index contributed by atoms with van der Waals surface area (Å²) in [7, 11) is -3.58. The fourth-order valence-corrected chi connectivity index (χ4v) is 5.06. The van der Waals surface area contributed by atoms with Crippen LogP contribution in [0.5, 0.6) is 0 Å². The van der Waals surface area contributed by atoms with Crippen LogP contribution in [0, 0.1) is 0 Å². The number of ether oxygens (including phenoxy) is 2. The normalized spacial score (nSPS) is 18.6. The highest BCUT2D eigenvalue weighted by Gasteiger charge is 2.32. The van der Waals surface area contributed by atoms with E-state index in [1.807, 2.05) is 13.0 Å². The number of sulfonamides is 1. The Morgan fingerprint density at radius 1 is 1.23 bits per heavy atom. The van der Waals surface area contributed by atoms with Crippen LogP contribution in [0.2, 0.25) is 0 Å². The van der Waals surface area contributed by atoms with E-state index in [1.54, 1.807) is 17.0 Å². The summed E-state index contributed by atoms with van der Waals surface area (Å²) < 4.78 is 38.2. The second-order valence-corrected chi connectivity index (χ2v) is 8.33. The van der Waals surface area contributed by atoms with Gasteiger partial charge in [0, 0.05) is 32.8 Å². The lowest BCUT2D eigenvalue weighted by Crippen LogP contribution is -2.42. The van der Waals surface area contributed by atoms with Gasteiger partial charge in [-0.15, -0.1) is 0 Å². The van der Waals surface area contributed by atoms with Gasteiger partial charge in [-0.25, -0.2) is 8.42 Å². The minimum atomic E-state index is -3.58. The topological polar surface area (TPSA) is 76.2 Å². The number of nitrogens with zero attached hydrogens (tertiary/aromatic N) is 2. The number of carbonyl (C=O) groups is 1. The number of amides is 1. The van der Waals surface area contributed by atoms with E-state index in [2.05, 4.69) is 0 Å². The molecule has 0 aliphatic carbocycles. The molecule has 1 saturated heterocycles. The van der Waals surface area contributed by atoms with Gasteiger partial charge in [0.25, 0.3) is 0 Å². The standard InChI is InChI=1S/C18H26N2O5S/c1-2-24-11-7-18(21)19-8-6-15-4-3-5-17(16(15)14-19)26(22,23)20-9-12-25-13-10-20/h3-5H,2,6-14H2,1H3. The van der Waals surface area contributed by atoms with E-state index in [-0.39, 0.29) is 5.91 Å². The lowest BCUT2D eigenvalue weighted by molar-refractivity contribution is -0.133. The zero-order valence-electron chi connectivity index (χ0n) is 15.1. The molecule has 3 rings (SSSR count). The number of hydrogen-bond acceptors (Lipinski definition) is 5. The molecule has 0 bridgehead atoms. The van der Waals surface area contributed by atoms with Gasteiger partial charge in [0.1, 0.15) is 0 Å².